The van der Waals surface area contributed by atoms with Crippen LogP contribution in [0.2, 0.25) is 10.0 Å². The smallest absolute Gasteiger partial charge is 0.313 e. The number of nitrogens with zero attached hydrogens (tertiary/aromatic N) is 1. The maximum absolute atomic E-state index is 13.5. The van der Waals surface area contributed by atoms with Gasteiger partial charge in [0.1, 0.15) is 5.92 Å². The van der Waals surface area contributed by atoms with Gasteiger partial charge in [0.2, 0.25) is 0 Å². The summed E-state index contributed by atoms with van der Waals surface area (Å²) in [5.74, 6) is -2.16. The van der Waals surface area contributed by atoms with Gasteiger partial charge in [-0.05, 0) is 41.0 Å². The number of hydrogen-bond donors (Lipinski definition) is 1. The highest BCUT2D eigenvalue weighted by Gasteiger charge is 2.44. The molecule has 3 aromatic rings. The first-order valence-electron chi connectivity index (χ1n) is 9.19. The average molecular weight is 505 g/mol. The molecule has 2 unspecified atom stereocenters. The number of carboxylic acid groups (broad SMARTS) is 1. The zero-order valence-electron chi connectivity index (χ0n) is 15.6. The molecule has 30 heavy (non-hydrogen) atoms. The van der Waals surface area contributed by atoms with E-state index in [0.29, 0.717) is 26.7 Å². The van der Waals surface area contributed by atoms with Crippen molar-refractivity contribution < 1.29 is 14.7 Å². The van der Waals surface area contributed by atoms with Gasteiger partial charge >= 0.3 is 5.97 Å². The Morgan fingerprint density at radius 3 is 2.40 bits per heavy atom. The lowest BCUT2D eigenvalue weighted by molar-refractivity contribution is -0.140. The van der Waals surface area contributed by atoms with Crippen LogP contribution in [0.15, 0.2) is 71.2 Å². The largest absolute Gasteiger partial charge is 0.481 e. The molecule has 1 amide bonds. The Hall–Kier alpha value is -2.34. The van der Waals surface area contributed by atoms with Gasteiger partial charge in [0.25, 0.3) is 5.91 Å². The lowest BCUT2D eigenvalue weighted by atomic mass is 9.79. The number of halogens is 3. The number of rotatable bonds is 4. The summed E-state index contributed by atoms with van der Waals surface area (Å²) < 4.78 is 0.866. The van der Waals surface area contributed by atoms with E-state index in [0.717, 1.165) is 10.0 Å². The van der Waals surface area contributed by atoms with Crippen molar-refractivity contribution in [2.24, 2.45) is 0 Å². The fourth-order valence-corrected chi connectivity index (χ4v) is 4.56. The Bertz CT molecular complexity index is 1130. The van der Waals surface area contributed by atoms with E-state index in [1.807, 2.05) is 24.3 Å². The maximum Gasteiger partial charge on any atom is 0.313 e. The van der Waals surface area contributed by atoms with E-state index >= 15 is 0 Å². The predicted molar refractivity (Wildman–Crippen MR) is 120 cm³/mol. The first-order valence-corrected chi connectivity index (χ1v) is 10.7. The molecule has 152 valence electrons. The zero-order chi connectivity index (χ0) is 21.4. The molecule has 1 aliphatic heterocycles. The Morgan fingerprint density at radius 1 is 1.00 bits per heavy atom. The van der Waals surface area contributed by atoms with Crippen LogP contribution in [0.25, 0.3) is 0 Å². The molecule has 0 spiro atoms. The van der Waals surface area contributed by atoms with Gasteiger partial charge in [-0.3, -0.25) is 9.59 Å². The Kier molecular flexibility index (Phi) is 5.87. The van der Waals surface area contributed by atoms with E-state index < -0.39 is 17.9 Å². The minimum absolute atomic E-state index is 0.136. The third kappa shape index (κ3) is 3.73. The molecule has 0 aromatic heterocycles. The van der Waals surface area contributed by atoms with Gasteiger partial charge in [0.05, 0.1) is 16.1 Å². The Morgan fingerprint density at radius 2 is 1.70 bits per heavy atom. The van der Waals surface area contributed by atoms with Crippen LogP contribution in [0.4, 0.5) is 0 Å². The predicted octanol–water partition coefficient (Wildman–Crippen LogP) is 6.32. The molecule has 3 aromatic carbocycles. The fourth-order valence-electron chi connectivity index (χ4n) is 3.92. The zero-order valence-corrected chi connectivity index (χ0v) is 18.7. The van der Waals surface area contributed by atoms with E-state index in [1.54, 1.807) is 47.4 Å². The molecule has 4 nitrogen and oxygen atoms in total. The lowest BCUT2D eigenvalue weighted by Gasteiger charge is -2.41. The number of amides is 1. The van der Waals surface area contributed by atoms with Crippen molar-refractivity contribution in [3.63, 3.8) is 0 Å². The second-order valence-corrected chi connectivity index (χ2v) is 8.75. The molecular formula is C23H16BrCl2NO3. The van der Waals surface area contributed by atoms with Gasteiger partial charge < -0.3 is 10.0 Å². The summed E-state index contributed by atoms with van der Waals surface area (Å²) in [7, 11) is 0. The normalized spacial score (nSPS) is 18.2. The second-order valence-electron chi connectivity index (χ2n) is 7.05. The quantitative estimate of drug-likeness (QED) is 0.452. The van der Waals surface area contributed by atoms with Gasteiger partial charge in [-0.25, -0.2) is 0 Å². The summed E-state index contributed by atoms with van der Waals surface area (Å²) in [4.78, 5) is 27.5. The highest BCUT2D eigenvalue weighted by atomic mass is 79.9. The molecule has 0 bridgehead atoms. The average Bonchev–Trinajstić information content (AvgIpc) is 2.73. The van der Waals surface area contributed by atoms with Gasteiger partial charge in [0, 0.05) is 16.6 Å². The number of hydrogen-bond acceptors (Lipinski definition) is 2. The standard InChI is InChI=1S/C23H16BrCl2NO3/c24-15-10-8-13(9-11-15)21-19(23(29)30)16-5-1-2-6-17(16)22(28)27(21)12-14-4-3-7-18(25)20(14)26/h1-11,19,21H,12H2,(H,29,30). The molecule has 4 rings (SSSR count). The van der Waals surface area contributed by atoms with E-state index in [-0.39, 0.29) is 12.5 Å². The van der Waals surface area contributed by atoms with Crippen LogP contribution in [-0.2, 0) is 11.3 Å². The minimum atomic E-state index is -0.995. The first kappa shape index (κ1) is 20.9. The van der Waals surface area contributed by atoms with Crippen LogP contribution in [0.1, 0.15) is 39.0 Å². The summed E-state index contributed by atoms with van der Waals surface area (Å²) in [6.07, 6.45) is 0. The number of carbonyl (C=O) groups excluding carboxylic acids is 1. The maximum atomic E-state index is 13.5. The van der Waals surface area contributed by atoms with Crippen LogP contribution >= 0.6 is 39.1 Å². The molecule has 0 aliphatic carbocycles. The van der Waals surface area contributed by atoms with Gasteiger partial charge in [-0.15, -0.1) is 0 Å². The minimum Gasteiger partial charge on any atom is -0.481 e. The molecule has 7 heteroatoms. The molecule has 1 aliphatic rings. The molecule has 1 heterocycles. The molecule has 0 saturated carbocycles. The third-order valence-electron chi connectivity index (χ3n) is 5.29. The fraction of sp³-hybridized carbons (Fsp3) is 0.130. The van der Waals surface area contributed by atoms with Gasteiger partial charge in [-0.2, -0.15) is 0 Å². The highest BCUT2D eigenvalue weighted by molar-refractivity contribution is 9.10. The highest BCUT2D eigenvalue weighted by Crippen LogP contribution is 2.44. The van der Waals surface area contributed by atoms with Crippen molar-refractivity contribution in [3.05, 3.63) is 104 Å². The van der Waals surface area contributed by atoms with Crippen molar-refractivity contribution in [1.29, 1.82) is 0 Å². The van der Waals surface area contributed by atoms with Crippen LogP contribution in [0.3, 0.4) is 0 Å². The number of benzene rings is 3. The molecular weight excluding hydrogens is 489 g/mol. The molecule has 0 radical (unpaired) electrons. The van der Waals surface area contributed by atoms with Crippen LogP contribution in [0, 0.1) is 0 Å². The topological polar surface area (TPSA) is 57.6 Å². The number of fused-ring (bicyclic) bond motifs is 1. The van der Waals surface area contributed by atoms with Crippen molar-refractivity contribution in [1.82, 2.24) is 4.90 Å². The number of aliphatic carboxylic acids is 1. The van der Waals surface area contributed by atoms with Gasteiger partial charge in [0.15, 0.2) is 0 Å². The molecule has 0 fully saturated rings. The van der Waals surface area contributed by atoms with Crippen LogP contribution in [0.5, 0.6) is 0 Å². The van der Waals surface area contributed by atoms with E-state index in [9.17, 15) is 14.7 Å². The monoisotopic (exact) mass is 503 g/mol. The van der Waals surface area contributed by atoms with Crippen LogP contribution in [-0.4, -0.2) is 21.9 Å². The summed E-state index contributed by atoms with van der Waals surface area (Å²) in [5, 5.41) is 10.9. The van der Waals surface area contributed by atoms with Crippen molar-refractivity contribution in [2.45, 2.75) is 18.5 Å². The third-order valence-corrected chi connectivity index (χ3v) is 6.68. The van der Waals surface area contributed by atoms with E-state index in [2.05, 4.69) is 15.9 Å². The second kappa shape index (κ2) is 8.42. The molecule has 2 atom stereocenters. The van der Waals surface area contributed by atoms with Crippen molar-refractivity contribution in [2.75, 3.05) is 0 Å². The summed E-state index contributed by atoms with van der Waals surface area (Å²) in [5.41, 5.74) is 2.28. The first-order chi connectivity index (χ1) is 14.4. The van der Waals surface area contributed by atoms with E-state index in [1.165, 1.54) is 0 Å². The SMILES string of the molecule is O=C(O)C1c2ccccc2C(=O)N(Cc2cccc(Cl)c2Cl)C1c1ccc(Br)cc1. The Balaban J connectivity index is 1.90. The molecule has 0 saturated heterocycles. The van der Waals surface area contributed by atoms with E-state index in [4.69, 9.17) is 23.2 Å². The molecule has 1 N–H and O–H groups in total. The summed E-state index contributed by atoms with van der Waals surface area (Å²) >= 11 is 16.0. The van der Waals surface area contributed by atoms with Gasteiger partial charge in [-0.1, -0.05) is 81.6 Å². The van der Waals surface area contributed by atoms with Crippen LogP contribution < -0.4 is 0 Å². The van der Waals surface area contributed by atoms with Crippen molar-refractivity contribution in [3.8, 4) is 0 Å². The Labute approximate surface area is 192 Å². The summed E-state index contributed by atoms with van der Waals surface area (Å²) in [6.45, 7) is 0.136. The number of carboxylic acids is 1. The lowest BCUT2D eigenvalue weighted by Crippen LogP contribution is -2.44. The number of carbonyl (C=O) groups is 2. The van der Waals surface area contributed by atoms with Crippen molar-refractivity contribution >= 4 is 51.0 Å². The summed E-state index contributed by atoms with van der Waals surface area (Å²) in [6, 6.07) is 18.7.